The quantitative estimate of drug-likeness (QED) is 0.690. The van der Waals surface area contributed by atoms with E-state index in [1.54, 1.807) is 55.5 Å². The summed E-state index contributed by atoms with van der Waals surface area (Å²) < 4.78 is 20.0. The summed E-state index contributed by atoms with van der Waals surface area (Å²) >= 11 is 1.13. The van der Waals surface area contributed by atoms with E-state index >= 15 is 0 Å². The van der Waals surface area contributed by atoms with Gasteiger partial charge in [-0.15, -0.1) is 0 Å². The van der Waals surface area contributed by atoms with E-state index in [1.165, 1.54) is 16.7 Å². The van der Waals surface area contributed by atoms with Crippen molar-refractivity contribution in [3.8, 4) is 5.75 Å². The molecule has 0 radical (unpaired) electrons. The lowest BCUT2D eigenvalue weighted by atomic mass is 9.90. The van der Waals surface area contributed by atoms with Crippen molar-refractivity contribution in [2.45, 2.75) is 12.3 Å². The molecule has 4 rings (SSSR count). The molecule has 0 saturated carbocycles. The molecule has 27 heavy (non-hydrogen) atoms. The zero-order valence-corrected chi connectivity index (χ0v) is 15.6. The van der Waals surface area contributed by atoms with Gasteiger partial charge in [0, 0.05) is 19.4 Å². The summed E-state index contributed by atoms with van der Waals surface area (Å²) in [7, 11) is 3.24. The van der Waals surface area contributed by atoms with Crippen LogP contribution in [0.5, 0.6) is 5.75 Å². The lowest BCUT2D eigenvalue weighted by Gasteiger charge is -2.32. The molecule has 0 saturated heterocycles. The van der Waals surface area contributed by atoms with Gasteiger partial charge in [0.2, 0.25) is 5.91 Å². The Labute approximate surface area is 159 Å². The molecule has 1 amide bonds. The fourth-order valence-electron chi connectivity index (χ4n) is 3.39. The number of anilines is 2. The number of fused-ring (bicyclic) bond motifs is 1. The topological polar surface area (TPSA) is 51.5 Å². The Morgan fingerprint density at radius 3 is 2.37 bits per heavy atom. The van der Waals surface area contributed by atoms with Crippen molar-refractivity contribution in [2.24, 2.45) is 7.05 Å². The highest BCUT2D eigenvalue weighted by Crippen LogP contribution is 2.44. The molecule has 0 spiro atoms. The van der Waals surface area contributed by atoms with Gasteiger partial charge in [0.15, 0.2) is 0 Å². The summed E-state index contributed by atoms with van der Waals surface area (Å²) in [5, 5.41) is 0. The number of hydrogen-bond donors (Lipinski definition) is 0. The first-order valence-corrected chi connectivity index (χ1v) is 9.23. The van der Waals surface area contributed by atoms with E-state index in [0.29, 0.717) is 17.3 Å². The summed E-state index contributed by atoms with van der Waals surface area (Å²) in [5.41, 5.74) is 1.50. The molecule has 2 aromatic carbocycles. The van der Waals surface area contributed by atoms with Crippen LogP contribution in [0.3, 0.4) is 0 Å². The van der Waals surface area contributed by atoms with Gasteiger partial charge < -0.3 is 4.74 Å². The van der Waals surface area contributed by atoms with Gasteiger partial charge in [-0.2, -0.15) is 0 Å². The molecule has 3 aromatic rings. The van der Waals surface area contributed by atoms with Gasteiger partial charge in [-0.05, 0) is 42.0 Å². The maximum Gasteiger partial charge on any atom is 0.308 e. The predicted molar refractivity (Wildman–Crippen MR) is 103 cm³/mol. The van der Waals surface area contributed by atoms with Crippen LogP contribution < -0.4 is 14.5 Å². The lowest BCUT2D eigenvalue weighted by molar-refractivity contribution is -0.118. The first-order valence-electron chi connectivity index (χ1n) is 8.41. The first-order chi connectivity index (χ1) is 13.0. The molecule has 0 fully saturated rings. The molecule has 138 valence electrons. The predicted octanol–water partition coefficient (Wildman–Crippen LogP) is 3.79. The molecule has 1 aliphatic heterocycles. The van der Waals surface area contributed by atoms with E-state index in [0.717, 1.165) is 21.8 Å². The van der Waals surface area contributed by atoms with Crippen molar-refractivity contribution in [1.29, 1.82) is 0 Å². The molecule has 2 heterocycles. The van der Waals surface area contributed by atoms with Crippen molar-refractivity contribution in [1.82, 2.24) is 4.57 Å². The van der Waals surface area contributed by atoms with Gasteiger partial charge in [0.05, 0.1) is 17.7 Å². The Bertz CT molecular complexity index is 1050. The Morgan fingerprint density at radius 1 is 1.07 bits per heavy atom. The molecule has 0 N–H and O–H groups in total. The van der Waals surface area contributed by atoms with Gasteiger partial charge in [0.25, 0.3) is 0 Å². The highest BCUT2D eigenvalue weighted by Gasteiger charge is 2.37. The van der Waals surface area contributed by atoms with E-state index < -0.39 is 0 Å². The fraction of sp³-hybridized carbons (Fsp3) is 0.200. The van der Waals surface area contributed by atoms with Crippen LogP contribution in [0.2, 0.25) is 0 Å². The van der Waals surface area contributed by atoms with Crippen molar-refractivity contribution in [2.75, 3.05) is 12.0 Å². The van der Waals surface area contributed by atoms with Crippen LogP contribution in [-0.2, 0) is 11.8 Å². The number of ether oxygens (including phenoxy) is 1. The smallest absolute Gasteiger partial charge is 0.308 e. The molecule has 1 atom stereocenters. The van der Waals surface area contributed by atoms with Crippen molar-refractivity contribution < 1.29 is 13.9 Å². The highest BCUT2D eigenvalue weighted by atomic mass is 32.1. The standard InChI is InChI=1S/C20H17FN2O3S/c1-22-19-18(27-20(22)25)16(12-3-5-13(21)6-4-12)11-17(24)23(19)14-7-9-15(26-2)10-8-14/h3-10,16H,11H2,1-2H3. The van der Waals surface area contributed by atoms with Crippen LogP contribution in [0.15, 0.2) is 53.3 Å². The van der Waals surface area contributed by atoms with E-state index in [9.17, 15) is 14.0 Å². The molecule has 1 aliphatic rings. The van der Waals surface area contributed by atoms with Crippen LogP contribution in [-0.4, -0.2) is 17.6 Å². The van der Waals surface area contributed by atoms with E-state index in [2.05, 4.69) is 0 Å². The second-order valence-electron chi connectivity index (χ2n) is 6.35. The van der Waals surface area contributed by atoms with Gasteiger partial charge in [-0.25, -0.2) is 4.39 Å². The van der Waals surface area contributed by atoms with E-state index in [-0.39, 0.29) is 28.9 Å². The Morgan fingerprint density at radius 2 is 1.74 bits per heavy atom. The van der Waals surface area contributed by atoms with Gasteiger partial charge in [0.1, 0.15) is 17.4 Å². The number of carbonyl (C=O) groups is 1. The SMILES string of the molecule is COc1ccc(N2C(=O)CC(c3ccc(F)cc3)c3sc(=O)n(C)c32)cc1. The van der Waals surface area contributed by atoms with Crippen molar-refractivity contribution in [3.05, 3.63) is 74.5 Å². The Hall–Kier alpha value is -2.93. The fourth-order valence-corrected chi connectivity index (χ4v) is 4.48. The number of nitrogens with zero attached hydrogens (tertiary/aromatic N) is 2. The molecule has 5 nitrogen and oxygen atoms in total. The van der Waals surface area contributed by atoms with Crippen LogP contribution in [0.1, 0.15) is 22.8 Å². The number of aromatic nitrogens is 1. The maximum absolute atomic E-state index is 13.3. The van der Waals surface area contributed by atoms with Crippen LogP contribution >= 0.6 is 11.3 Å². The second kappa shape index (κ2) is 6.66. The Balaban J connectivity index is 1.85. The number of hydrogen-bond acceptors (Lipinski definition) is 4. The summed E-state index contributed by atoms with van der Waals surface area (Å²) in [5.74, 6) is 0.548. The number of amides is 1. The molecule has 1 aromatic heterocycles. The third-order valence-electron chi connectivity index (χ3n) is 4.77. The van der Waals surface area contributed by atoms with Gasteiger partial charge in [-0.3, -0.25) is 19.1 Å². The minimum atomic E-state index is -0.331. The summed E-state index contributed by atoms with van der Waals surface area (Å²) in [6.07, 6.45) is 0.213. The molecular formula is C20H17FN2O3S. The number of carbonyl (C=O) groups excluding carboxylic acids is 1. The average molecular weight is 384 g/mol. The van der Waals surface area contributed by atoms with E-state index in [1.807, 2.05) is 0 Å². The minimum Gasteiger partial charge on any atom is -0.497 e. The van der Waals surface area contributed by atoms with Crippen molar-refractivity contribution >= 4 is 28.7 Å². The van der Waals surface area contributed by atoms with Crippen LogP contribution in [0.4, 0.5) is 15.9 Å². The maximum atomic E-state index is 13.3. The van der Waals surface area contributed by atoms with Crippen LogP contribution in [0, 0.1) is 5.82 Å². The normalized spacial score (nSPS) is 16.3. The monoisotopic (exact) mass is 384 g/mol. The number of rotatable bonds is 3. The molecule has 1 unspecified atom stereocenters. The third kappa shape index (κ3) is 2.94. The minimum absolute atomic E-state index is 0.115. The van der Waals surface area contributed by atoms with Crippen molar-refractivity contribution in [3.63, 3.8) is 0 Å². The lowest BCUT2D eigenvalue weighted by Crippen LogP contribution is -2.34. The summed E-state index contributed by atoms with van der Waals surface area (Å²) in [4.78, 5) is 27.7. The largest absolute Gasteiger partial charge is 0.497 e. The Kier molecular flexibility index (Phi) is 4.31. The summed E-state index contributed by atoms with van der Waals surface area (Å²) in [6, 6.07) is 13.2. The molecule has 0 aliphatic carbocycles. The van der Waals surface area contributed by atoms with Gasteiger partial charge >= 0.3 is 4.87 Å². The molecular weight excluding hydrogens is 367 g/mol. The number of halogens is 1. The first kappa shape index (κ1) is 17.5. The number of benzene rings is 2. The number of methoxy groups -OCH3 is 1. The third-order valence-corrected chi connectivity index (χ3v) is 5.90. The molecule has 7 heteroatoms. The average Bonchev–Trinajstić information content (AvgIpc) is 2.97. The second-order valence-corrected chi connectivity index (χ2v) is 7.34. The highest BCUT2D eigenvalue weighted by molar-refractivity contribution is 7.10. The van der Waals surface area contributed by atoms with Crippen LogP contribution in [0.25, 0.3) is 0 Å². The number of thiazole rings is 1. The molecule has 0 bridgehead atoms. The zero-order chi connectivity index (χ0) is 19.1. The summed E-state index contributed by atoms with van der Waals surface area (Å²) in [6.45, 7) is 0. The zero-order valence-electron chi connectivity index (χ0n) is 14.8. The van der Waals surface area contributed by atoms with Gasteiger partial charge in [-0.1, -0.05) is 23.5 Å². The van der Waals surface area contributed by atoms with E-state index in [4.69, 9.17) is 4.74 Å².